The molecule has 0 amide bonds. The molecule has 1 unspecified atom stereocenters. The van der Waals surface area contributed by atoms with Crippen LogP contribution >= 0.6 is 0 Å². The SMILES string of the molecule is C=C=CCOc1ccc(S(=O)(=O)N(C)C(C(=O)O)C(C)C)cc1. The summed E-state index contributed by atoms with van der Waals surface area (Å²) in [6.45, 7) is 7.01. The van der Waals surface area contributed by atoms with Gasteiger partial charge in [-0.2, -0.15) is 4.31 Å². The molecule has 0 fully saturated rings. The van der Waals surface area contributed by atoms with Gasteiger partial charge in [0.05, 0.1) is 4.90 Å². The lowest BCUT2D eigenvalue weighted by molar-refractivity contribution is -0.142. The zero-order valence-electron chi connectivity index (χ0n) is 13.4. The predicted molar refractivity (Wildman–Crippen MR) is 86.9 cm³/mol. The summed E-state index contributed by atoms with van der Waals surface area (Å²) in [7, 11) is -2.63. The zero-order valence-corrected chi connectivity index (χ0v) is 14.2. The number of carboxylic acid groups (broad SMARTS) is 1. The number of carboxylic acids is 1. The fourth-order valence-electron chi connectivity index (χ4n) is 2.08. The Bertz CT molecular complexity index is 688. The number of hydrogen-bond acceptors (Lipinski definition) is 4. The van der Waals surface area contributed by atoms with Crippen LogP contribution in [-0.4, -0.2) is 43.5 Å². The van der Waals surface area contributed by atoms with E-state index in [0.29, 0.717) is 5.75 Å². The zero-order chi connectivity index (χ0) is 17.6. The highest BCUT2D eigenvalue weighted by Crippen LogP contribution is 2.22. The Morgan fingerprint density at radius 2 is 1.96 bits per heavy atom. The maximum Gasteiger partial charge on any atom is 0.322 e. The van der Waals surface area contributed by atoms with Crippen LogP contribution in [0.1, 0.15) is 13.8 Å². The molecule has 0 aliphatic carbocycles. The fourth-order valence-corrected chi connectivity index (χ4v) is 3.53. The first kappa shape index (κ1) is 19.0. The molecule has 0 spiro atoms. The molecule has 0 saturated heterocycles. The van der Waals surface area contributed by atoms with Crippen molar-refractivity contribution in [3.05, 3.63) is 42.7 Å². The van der Waals surface area contributed by atoms with E-state index < -0.39 is 22.0 Å². The lowest BCUT2D eigenvalue weighted by Gasteiger charge is -2.27. The van der Waals surface area contributed by atoms with E-state index in [9.17, 15) is 18.3 Å². The van der Waals surface area contributed by atoms with Crippen molar-refractivity contribution in [2.24, 2.45) is 5.92 Å². The highest BCUT2D eigenvalue weighted by atomic mass is 32.2. The highest BCUT2D eigenvalue weighted by Gasteiger charge is 2.34. The van der Waals surface area contributed by atoms with E-state index in [1.54, 1.807) is 19.9 Å². The maximum absolute atomic E-state index is 12.6. The molecule has 0 radical (unpaired) electrons. The van der Waals surface area contributed by atoms with Crippen molar-refractivity contribution < 1.29 is 23.1 Å². The molecule has 0 aliphatic heterocycles. The summed E-state index contributed by atoms with van der Waals surface area (Å²) in [4.78, 5) is 11.3. The quantitative estimate of drug-likeness (QED) is 0.734. The van der Waals surface area contributed by atoms with E-state index in [-0.39, 0.29) is 17.4 Å². The predicted octanol–water partition coefficient (Wildman–Crippen LogP) is 2.14. The summed E-state index contributed by atoms with van der Waals surface area (Å²) in [6, 6.07) is 4.68. The molecule has 0 bridgehead atoms. The first-order chi connectivity index (χ1) is 10.7. The number of likely N-dealkylation sites (N-methyl/N-ethyl adjacent to an activating group) is 1. The van der Waals surface area contributed by atoms with Crippen LogP contribution in [0.2, 0.25) is 0 Å². The van der Waals surface area contributed by atoms with Gasteiger partial charge in [0.15, 0.2) is 0 Å². The van der Waals surface area contributed by atoms with E-state index in [0.717, 1.165) is 4.31 Å². The fraction of sp³-hybridized carbons (Fsp3) is 0.375. The monoisotopic (exact) mass is 339 g/mol. The smallest absolute Gasteiger partial charge is 0.322 e. The summed E-state index contributed by atoms with van der Waals surface area (Å²) < 4.78 is 31.3. The number of ether oxygens (including phenoxy) is 1. The molecule has 0 saturated carbocycles. The maximum atomic E-state index is 12.6. The van der Waals surface area contributed by atoms with Crippen molar-refractivity contribution >= 4 is 16.0 Å². The third-order valence-electron chi connectivity index (χ3n) is 3.25. The summed E-state index contributed by atoms with van der Waals surface area (Å²) in [6.07, 6.45) is 1.60. The highest BCUT2D eigenvalue weighted by molar-refractivity contribution is 7.89. The van der Waals surface area contributed by atoms with Crippen molar-refractivity contribution in [1.29, 1.82) is 0 Å². The van der Waals surface area contributed by atoms with Gasteiger partial charge in [-0.25, -0.2) is 8.42 Å². The average Bonchev–Trinajstić information content (AvgIpc) is 2.47. The van der Waals surface area contributed by atoms with Crippen LogP contribution in [-0.2, 0) is 14.8 Å². The van der Waals surface area contributed by atoms with Crippen LogP contribution in [0.5, 0.6) is 5.75 Å². The first-order valence-corrected chi connectivity index (χ1v) is 8.43. The second-order valence-electron chi connectivity index (χ2n) is 5.24. The van der Waals surface area contributed by atoms with E-state index in [1.165, 1.54) is 31.3 Å². The van der Waals surface area contributed by atoms with Crippen molar-refractivity contribution in [2.45, 2.75) is 24.8 Å². The van der Waals surface area contributed by atoms with Crippen molar-refractivity contribution in [2.75, 3.05) is 13.7 Å². The molecule has 1 atom stereocenters. The minimum atomic E-state index is -3.90. The molecule has 1 aromatic carbocycles. The van der Waals surface area contributed by atoms with Crippen LogP contribution in [0, 0.1) is 5.92 Å². The van der Waals surface area contributed by atoms with Crippen LogP contribution in [0.3, 0.4) is 0 Å². The number of benzene rings is 1. The normalized spacial score (nSPS) is 12.7. The summed E-state index contributed by atoms with van der Waals surface area (Å²) in [5.41, 5.74) is 2.56. The molecular weight excluding hydrogens is 318 g/mol. The van der Waals surface area contributed by atoms with Gasteiger partial charge in [0.2, 0.25) is 10.0 Å². The van der Waals surface area contributed by atoms with Crippen molar-refractivity contribution in [3.63, 3.8) is 0 Å². The van der Waals surface area contributed by atoms with Gasteiger partial charge in [-0.3, -0.25) is 4.79 Å². The Morgan fingerprint density at radius 3 is 2.39 bits per heavy atom. The standard InChI is InChI=1S/C16H21NO5S/c1-5-6-11-22-13-7-9-14(10-8-13)23(20,21)17(4)15(12(2)3)16(18)19/h6-10,12,15H,1,11H2,2-4H3,(H,18,19). The van der Waals surface area contributed by atoms with Gasteiger partial charge < -0.3 is 9.84 Å². The van der Waals surface area contributed by atoms with E-state index in [1.807, 2.05) is 0 Å². The second kappa shape index (κ2) is 7.97. The molecule has 0 aliphatic rings. The summed E-state index contributed by atoms with van der Waals surface area (Å²) in [5.74, 6) is -1.04. The molecule has 7 heteroatoms. The molecule has 1 N–H and O–H groups in total. The Hall–Kier alpha value is -2.08. The van der Waals surface area contributed by atoms with Gasteiger partial charge in [-0.1, -0.05) is 20.4 Å². The van der Waals surface area contributed by atoms with Crippen LogP contribution in [0.15, 0.2) is 47.5 Å². The number of nitrogens with zero attached hydrogens (tertiary/aromatic N) is 1. The van der Waals surface area contributed by atoms with Gasteiger partial charge in [-0.05, 0) is 36.3 Å². The lowest BCUT2D eigenvalue weighted by atomic mass is 10.1. The Morgan fingerprint density at radius 1 is 1.39 bits per heavy atom. The number of sulfonamides is 1. The number of aliphatic carboxylic acids is 1. The van der Waals surface area contributed by atoms with Crippen molar-refractivity contribution in [1.82, 2.24) is 4.31 Å². The molecule has 23 heavy (non-hydrogen) atoms. The van der Waals surface area contributed by atoms with E-state index >= 15 is 0 Å². The van der Waals surface area contributed by atoms with Gasteiger partial charge in [0.1, 0.15) is 18.4 Å². The molecule has 0 aromatic heterocycles. The second-order valence-corrected chi connectivity index (χ2v) is 7.24. The van der Waals surface area contributed by atoms with Gasteiger partial charge in [0, 0.05) is 7.05 Å². The third-order valence-corrected chi connectivity index (χ3v) is 5.11. The third kappa shape index (κ3) is 4.69. The van der Waals surface area contributed by atoms with Crippen LogP contribution in [0.4, 0.5) is 0 Å². The summed E-state index contributed by atoms with van der Waals surface area (Å²) in [5, 5.41) is 9.25. The molecule has 126 valence electrons. The Labute approximate surface area is 136 Å². The Balaban J connectivity index is 3.03. The topological polar surface area (TPSA) is 83.9 Å². The summed E-state index contributed by atoms with van der Waals surface area (Å²) >= 11 is 0. The van der Waals surface area contributed by atoms with E-state index in [4.69, 9.17) is 4.74 Å². The van der Waals surface area contributed by atoms with Crippen molar-refractivity contribution in [3.8, 4) is 5.75 Å². The number of rotatable bonds is 8. The first-order valence-electron chi connectivity index (χ1n) is 6.99. The van der Waals surface area contributed by atoms with Gasteiger partial charge in [0.25, 0.3) is 0 Å². The Kier molecular flexibility index (Phi) is 6.57. The largest absolute Gasteiger partial charge is 0.489 e. The molecule has 1 aromatic rings. The average molecular weight is 339 g/mol. The molecule has 1 rings (SSSR count). The van der Waals surface area contributed by atoms with E-state index in [2.05, 4.69) is 12.3 Å². The van der Waals surface area contributed by atoms with Crippen LogP contribution < -0.4 is 4.74 Å². The van der Waals surface area contributed by atoms with Gasteiger partial charge >= 0.3 is 5.97 Å². The minimum absolute atomic E-state index is 0.0125. The molecular formula is C16H21NO5S. The number of hydrogen-bond donors (Lipinski definition) is 1. The lowest BCUT2D eigenvalue weighted by Crippen LogP contribution is -2.45. The minimum Gasteiger partial charge on any atom is -0.489 e. The van der Waals surface area contributed by atoms with Crippen LogP contribution in [0.25, 0.3) is 0 Å². The molecule has 6 nitrogen and oxygen atoms in total. The number of carbonyl (C=O) groups is 1. The van der Waals surface area contributed by atoms with Gasteiger partial charge in [-0.15, -0.1) is 5.73 Å². The molecule has 0 heterocycles.